The van der Waals surface area contributed by atoms with Gasteiger partial charge in [-0.25, -0.2) is 4.79 Å². The first kappa shape index (κ1) is 17.5. The van der Waals surface area contributed by atoms with E-state index >= 15 is 0 Å². The Bertz CT molecular complexity index is 948. The van der Waals surface area contributed by atoms with Gasteiger partial charge in [0.1, 0.15) is 11.3 Å². The van der Waals surface area contributed by atoms with Gasteiger partial charge in [-0.05, 0) is 47.0 Å². The number of esters is 1. The number of phenols is 1. The number of rotatable bonds is 5. The standard InChI is InChI=1S/C21H19NO4/c1-2-14-7-9-17(10-8-14)22-20(24)13-26-21(25)18-11-15-5-3-4-6-16(15)12-19(18)23/h3-12,23H,2,13H2,1H3,(H,22,24). The number of fused-ring (bicyclic) bond motifs is 1. The molecule has 0 spiro atoms. The Morgan fingerprint density at radius 2 is 1.65 bits per heavy atom. The van der Waals surface area contributed by atoms with E-state index in [1.54, 1.807) is 18.2 Å². The Labute approximate surface area is 151 Å². The largest absolute Gasteiger partial charge is 0.507 e. The lowest BCUT2D eigenvalue weighted by molar-refractivity contribution is -0.119. The molecule has 0 aliphatic carbocycles. The molecule has 0 aromatic heterocycles. The van der Waals surface area contributed by atoms with Crippen LogP contribution < -0.4 is 5.32 Å². The highest BCUT2D eigenvalue weighted by Gasteiger charge is 2.15. The summed E-state index contributed by atoms with van der Waals surface area (Å²) in [6.07, 6.45) is 0.918. The van der Waals surface area contributed by atoms with Crippen molar-refractivity contribution in [3.05, 3.63) is 71.8 Å². The van der Waals surface area contributed by atoms with Crippen LogP contribution in [0.4, 0.5) is 5.69 Å². The molecule has 0 saturated carbocycles. The van der Waals surface area contributed by atoms with Crippen molar-refractivity contribution >= 4 is 28.3 Å². The quantitative estimate of drug-likeness (QED) is 0.685. The molecule has 1 amide bonds. The molecule has 0 heterocycles. The molecule has 0 aliphatic heterocycles. The van der Waals surface area contributed by atoms with E-state index in [9.17, 15) is 14.7 Å². The van der Waals surface area contributed by atoms with Crippen LogP contribution in [0.2, 0.25) is 0 Å². The van der Waals surface area contributed by atoms with Crippen LogP contribution in [-0.2, 0) is 16.0 Å². The molecule has 0 aliphatic rings. The average Bonchev–Trinajstić information content (AvgIpc) is 2.66. The summed E-state index contributed by atoms with van der Waals surface area (Å²) in [5, 5.41) is 14.3. The predicted octanol–water partition coefficient (Wildman–Crippen LogP) is 3.90. The van der Waals surface area contributed by atoms with Gasteiger partial charge in [-0.15, -0.1) is 0 Å². The van der Waals surface area contributed by atoms with Gasteiger partial charge < -0.3 is 15.2 Å². The van der Waals surface area contributed by atoms with Gasteiger partial charge in [0.25, 0.3) is 5.91 Å². The van der Waals surface area contributed by atoms with Crippen molar-refractivity contribution in [1.29, 1.82) is 0 Å². The molecule has 3 aromatic rings. The van der Waals surface area contributed by atoms with E-state index in [4.69, 9.17) is 4.74 Å². The predicted molar refractivity (Wildman–Crippen MR) is 100 cm³/mol. The number of carbonyl (C=O) groups is 2. The number of amides is 1. The second kappa shape index (κ2) is 7.70. The number of ether oxygens (including phenoxy) is 1. The number of nitrogens with one attached hydrogen (secondary N) is 1. The normalized spacial score (nSPS) is 10.5. The highest BCUT2D eigenvalue weighted by molar-refractivity contribution is 6.00. The molecule has 0 saturated heterocycles. The molecule has 0 unspecified atom stereocenters. The molecule has 3 rings (SSSR count). The fourth-order valence-electron chi connectivity index (χ4n) is 2.62. The molecular weight excluding hydrogens is 330 g/mol. The first-order chi connectivity index (χ1) is 12.6. The fourth-order valence-corrected chi connectivity index (χ4v) is 2.62. The van der Waals surface area contributed by atoms with Crippen molar-refractivity contribution in [3.8, 4) is 5.75 Å². The van der Waals surface area contributed by atoms with Crippen LogP contribution in [0.3, 0.4) is 0 Å². The first-order valence-corrected chi connectivity index (χ1v) is 8.34. The molecule has 0 radical (unpaired) electrons. The van der Waals surface area contributed by atoms with E-state index in [1.807, 2.05) is 36.4 Å². The summed E-state index contributed by atoms with van der Waals surface area (Å²) in [7, 11) is 0. The first-order valence-electron chi connectivity index (χ1n) is 8.34. The molecule has 2 N–H and O–H groups in total. The molecule has 0 bridgehead atoms. The average molecular weight is 349 g/mol. The van der Waals surface area contributed by atoms with Crippen LogP contribution in [0.25, 0.3) is 10.8 Å². The monoisotopic (exact) mass is 349 g/mol. The van der Waals surface area contributed by atoms with Gasteiger partial charge in [0.2, 0.25) is 0 Å². The molecule has 0 atom stereocenters. The molecule has 5 nitrogen and oxygen atoms in total. The Hall–Kier alpha value is -3.34. The molecule has 26 heavy (non-hydrogen) atoms. The zero-order chi connectivity index (χ0) is 18.5. The minimum absolute atomic E-state index is 0.0313. The summed E-state index contributed by atoms with van der Waals surface area (Å²) >= 11 is 0. The molecule has 3 aromatic carbocycles. The minimum atomic E-state index is -0.746. The van der Waals surface area contributed by atoms with Crippen molar-refractivity contribution < 1.29 is 19.4 Å². The van der Waals surface area contributed by atoms with E-state index in [0.29, 0.717) is 5.69 Å². The van der Waals surface area contributed by atoms with Gasteiger partial charge in [-0.2, -0.15) is 0 Å². The number of hydrogen-bond acceptors (Lipinski definition) is 4. The Balaban J connectivity index is 1.62. The van der Waals surface area contributed by atoms with Crippen LogP contribution >= 0.6 is 0 Å². The van der Waals surface area contributed by atoms with E-state index in [0.717, 1.165) is 17.2 Å². The van der Waals surface area contributed by atoms with Gasteiger partial charge in [-0.1, -0.05) is 43.3 Å². The van der Waals surface area contributed by atoms with Crippen LogP contribution in [0.5, 0.6) is 5.75 Å². The van der Waals surface area contributed by atoms with Crippen LogP contribution in [-0.4, -0.2) is 23.6 Å². The summed E-state index contributed by atoms with van der Waals surface area (Å²) in [5.41, 5.74) is 1.84. The lowest BCUT2D eigenvalue weighted by Gasteiger charge is -2.09. The van der Waals surface area contributed by atoms with Crippen LogP contribution in [0.15, 0.2) is 60.7 Å². The second-order valence-electron chi connectivity index (χ2n) is 5.89. The Morgan fingerprint density at radius 3 is 2.31 bits per heavy atom. The van der Waals surface area contributed by atoms with Crippen molar-refractivity contribution in [2.45, 2.75) is 13.3 Å². The van der Waals surface area contributed by atoms with E-state index in [1.165, 1.54) is 11.6 Å². The second-order valence-corrected chi connectivity index (χ2v) is 5.89. The fraction of sp³-hybridized carbons (Fsp3) is 0.143. The van der Waals surface area contributed by atoms with Crippen molar-refractivity contribution in [3.63, 3.8) is 0 Å². The smallest absolute Gasteiger partial charge is 0.342 e. The van der Waals surface area contributed by atoms with Crippen molar-refractivity contribution in [2.24, 2.45) is 0 Å². The zero-order valence-electron chi connectivity index (χ0n) is 14.4. The van der Waals surface area contributed by atoms with Crippen molar-refractivity contribution in [2.75, 3.05) is 11.9 Å². The Kier molecular flexibility index (Phi) is 5.17. The van der Waals surface area contributed by atoms with Gasteiger partial charge in [-0.3, -0.25) is 4.79 Å². The molecule has 132 valence electrons. The summed E-state index contributed by atoms with van der Waals surface area (Å²) < 4.78 is 5.03. The third-order valence-corrected chi connectivity index (χ3v) is 4.06. The Morgan fingerprint density at radius 1 is 1.00 bits per heavy atom. The third kappa shape index (κ3) is 4.00. The number of hydrogen-bond donors (Lipinski definition) is 2. The number of aromatic hydroxyl groups is 1. The zero-order valence-corrected chi connectivity index (χ0v) is 14.4. The number of phenolic OH excluding ortho intramolecular Hbond substituents is 1. The van der Waals surface area contributed by atoms with E-state index < -0.39 is 18.5 Å². The SMILES string of the molecule is CCc1ccc(NC(=O)COC(=O)c2cc3ccccc3cc2O)cc1. The lowest BCUT2D eigenvalue weighted by atomic mass is 10.1. The number of benzene rings is 3. The highest BCUT2D eigenvalue weighted by atomic mass is 16.5. The molecule has 5 heteroatoms. The van der Waals surface area contributed by atoms with Gasteiger partial charge in [0, 0.05) is 5.69 Å². The number of aryl methyl sites for hydroxylation is 1. The third-order valence-electron chi connectivity index (χ3n) is 4.06. The highest BCUT2D eigenvalue weighted by Crippen LogP contribution is 2.25. The summed E-state index contributed by atoms with van der Waals surface area (Å²) in [5.74, 6) is -1.36. The summed E-state index contributed by atoms with van der Waals surface area (Å²) in [6, 6.07) is 17.9. The van der Waals surface area contributed by atoms with E-state index in [2.05, 4.69) is 12.2 Å². The number of carbonyl (C=O) groups excluding carboxylic acids is 2. The van der Waals surface area contributed by atoms with Gasteiger partial charge >= 0.3 is 5.97 Å². The van der Waals surface area contributed by atoms with Crippen LogP contribution in [0.1, 0.15) is 22.8 Å². The van der Waals surface area contributed by atoms with Crippen molar-refractivity contribution in [1.82, 2.24) is 0 Å². The molecular formula is C21H19NO4. The maximum Gasteiger partial charge on any atom is 0.342 e. The van der Waals surface area contributed by atoms with Gasteiger partial charge in [0.05, 0.1) is 0 Å². The topological polar surface area (TPSA) is 75.6 Å². The molecule has 0 fully saturated rings. The number of anilines is 1. The maximum atomic E-state index is 12.2. The summed E-state index contributed by atoms with van der Waals surface area (Å²) in [6.45, 7) is 1.62. The van der Waals surface area contributed by atoms with E-state index in [-0.39, 0.29) is 11.3 Å². The summed E-state index contributed by atoms with van der Waals surface area (Å²) in [4.78, 5) is 24.1. The maximum absolute atomic E-state index is 12.2. The van der Waals surface area contributed by atoms with Crippen LogP contribution in [0, 0.1) is 0 Å². The van der Waals surface area contributed by atoms with Gasteiger partial charge in [0.15, 0.2) is 6.61 Å². The lowest BCUT2D eigenvalue weighted by Crippen LogP contribution is -2.21. The minimum Gasteiger partial charge on any atom is -0.507 e.